The van der Waals surface area contributed by atoms with Crippen LogP contribution in [0.1, 0.15) is 5.56 Å². The summed E-state index contributed by atoms with van der Waals surface area (Å²) in [6.45, 7) is 1.77. The van der Waals surface area contributed by atoms with Crippen molar-refractivity contribution in [3.63, 3.8) is 0 Å². The molecule has 2 aromatic carbocycles. The first-order valence-electron chi connectivity index (χ1n) is 6.30. The fourth-order valence-electron chi connectivity index (χ4n) is 1.83. The molecule has 2 rings (SSSR count). The summed E-state index contributed by atoms with van der Waals surface area (Å²) in [5, 5.41) is 0. The summed E-state index contributed by atoms with van der Waals surface area (Å²) in [5.74, 6) is 1.98. The lowest BCUT2D eigenvalue weighted by Crippen LogP contribution is -3.61. The maximum absolute atomic E-state index is 13.4. The number of benzene rings is 2. The molecule has 0 aliphatic heterocycles. The molecule has 21 heavy (non-hydrogen) atoms. The summed E-state index contributed by atoms with van der Waals surface area (Å²) in [6, 6.07) is 8.89. The molecule has 3 nitrogen and oxygen atoms in total. The molecule has 5 heteroatoms. The molecule has 0 unspecified atom stereocenters. The molecule has 0 fully saturated rings. The van der Waals surface area contributed by atoms with E-state index in [2.05, 4.69) is 0 Å². The Labute approximate surface area is 134 Å². The van der Waals surface area contributed by atoms with Crippen LogP contribution >= 0.6 is 0 Å². The Balaban J connectivity index is 2.44. The molecule has 2 aromatic rings. The second kappa shape index (κ2) is 6.98. The van der Waals surface area contributed by atoms with Crippen molar-refractivity contribution in [3.05, 3.63) is 48.9 Å². The maximum atomic E-state index is 13.4. The summed E-state index contributed by atoms with van der Waals surface area (Å²) < 4.78 is 31.6. The first-order chi connectivity index (χ1) is 10.1. The third-order valence-electron chi connectivity index (χ3n) is 2.98. The Bertz CT molecular complexity index is 618. The van der Waals surface area contributed by atoms with Gasteiger partial charge in [-0.3, -0.25) is 0 Å². The minimum absolute atomic E-state index is 0.184. The van der Waals surface area contributed by atoms with Gasteiger partial charge in [0.2, 0.25) is 0 Å². The summed E-state index contributed by atoms with van der Waals surface area (Å²) >= 11 is -0.547. The van der Waals surface area contributed by atoms with Gasteiger partial charge in [-0.05, 0) is 30.7 Å². The zero-order chi connectivity index (χ0) is 15.4. The lowest BCUT2D eigenvalue weighted by molar-refractivity contribution is -0.598. The van der Waals surface area contributed by atoms with Gasteiger partial charge in [0, 0.05) is 12.1 Å². The smallest absolute Gasteiger partial charge is 0.366 e. The van der Waals surface area contributed by atoms with Gasteiger partial charge in [0.1, 0.15) is 11.6 Å². The third kappa shape index (κ3) is 3.58. The summed E-state index contributed by atoms with van der Waals surface area (Å²) in [6.07, 6.45) is 0. The number of hydrogen-bond donors (Lipinski definition) is 0. The lowest BCUT2D eigenvalue weighted by Gasteiger charge is -2.08. The molecule has 0 aliphatic rings. The van der Waals surface area contributed by atoms with Crippen LogP contribution in [0, 0.1) is 19.9 Å². The molecular formula is C16H17FIO3+. The van der Waals surface area contributed by atoms with E-state index in [0.717, 1.165) is 18.6 Å². The largest absolute Gasteiger partial charge is 0.496 e. The normalized spacial score (nSPS) is 10.3. The highest BCUT2D eigenvalue weighted by Gasteiger charge is 2.28. The highest BCUT2D eigenvalue weighted by atomic mass is 127. The average Bonchev–Trinajstić information content (AvgIpc) is 2.50. The predicted octanol–water partition coefficient (Wildman–Crippen LogP) is 0.288. The molecule has 0 spiro atoms. The van der Waals surface area contributed by atoms with E-state index in [9.17, 15) is 4.39 Å². The number of hydrogen-bond acceptors (Lipinski definition) is 3. The highest BCUT2D eigenvalue weighted by Crippen LogP contribution is 2.27. The zero-order valence-electron chi connectivity index (χ0n) is 12.4. The molecule has 0 aromatic heterocycles. The standard InChI is InChI=1S/C16H17FIO3/c1-10-7-11(5-6-13(10)17)18-16-14(20-3)8-12(19-2)9-15(16)21-4/h5-9H,1-4H3/q+1. The Kier molecular flexibility index (Phi) is 5.27. The summed E-state index contributed by atoms with van der Waals surface area (Å²) in [4.78, 5) is 0. The van der Waals surface area contributed by atoms with Gasteiger partial charge in [-0.15, -0.1) is 0 Å². The molecule has 112 valence electrons. The first-order valence-corrected chi connectivity index (χ1v) is 8.45. The van der Waals surface area contributed by atoms with Crippen molar-refractivity contribution in [2.45, 2.75) is 6.92 Å². The van der Waals surface area contributed by atoms with Gasteiger partial charge < -0.3 is 14.2 Å². The van der Waals surface area contributed by atoms with Crippen molar-refractivity contribution in [2.24, 2.45) is 0 Å². The minimum Gasteiger partial charge on any atom is -0.496 e. The van der Waals surface area contributed by atoms with Crippen molar-refractivity contribution in [3.8, 4) is 17.2 Å². The van der Waals surface area contributed by atoms with Crippen molar-refractivity contribution < 1.29 is 39.8 Å². The molecule has 0 aliphatic carbocycles. The number of ether oxygens (including phenoxy) is 3. The topological polar surface area (TPSA) is 27.7 Å². The molecule has 0 heterocycles. The average molecular weight is 403 g/mol. The molecular weight excluding hydrogens is 386 g/mol. The predicted molar refractivity (Wildman–Crippen MR) is 74.6 cm³/mol. The van der Waals surface area contributed by atoms with Crippen LogP contribution in [0.4, 0.5) is 4.39 Å². The molecule has 0 N–H and O–H groups in total. The van der Waals surface area contributed by atoms with Crippen molar-refractivity contribution in [2.75, 3.05) is 21.3 Å². The van der Waals surface area contributed by atoms with Crippen LogP contribution in [0.3, 0.4) is 0 Å². The molecule has 0 radical (unpaired) electrons. The number of rotatable bonds is 5. The Morgan fingerprint density at radius 3 is 2.00 bits per heavy atom. The van der Waals surface area contributed by atoms with E-state index < -0.39 is 21.2 Å². The molecule has 0 saturated heterocycles. The van der Waals surface area contributed by atoms with Crippen LogP contribution < -0.4 is 35.4 Å². The minimum atomic E-state index is -0.547. The lowest BCUT2D eigenvalue weighted by atomic mass is 10.2. The van der Waals surface area contributed by atoms with Crippen LogP contribution in [0.2, 0.25) is 0 Å². The second-order valence-electron chi connectivity index (χ2n) is 4.33. The van der Waals surface area contributed by atoms with Gasteiger partial charge >= 0.3 is 21.2 Å². The fourth-order valence-corrected chi connectivity index (χ4v) is 4.72. The van der Waals surface area contributed by atoms with Crippen LogP contribution in [0.25, 0.3) is 0 Å². The summed E-state index contributed by atoms with van der Waals surface area (Å²) in [7, 11) is 4.85. The molecule has 0 amide bonds. The first kappa shape index (κ1) is 15.9. The van der Waals surface area contributed by atoms with Gasteiger partial charge in [-0.2, -0.15) is 0 Å². The number of halogens is 2. The second-order valence-corrected chi connectivity index (χ2v) is 7.20. The number of aryl methyl sites for hydroxylation is 1. The van der Waals surface area contributed by atoms with E-state index in [1.54, 1.807) is 28.3 Å². The third-order valence-corrected chi connectivity index (χ3v) is 5.87. The van der Waals surface area contributed by atoms with E-state index in [1.165, 1.54) is 6.07 Å². The van der Waals surface area contributed by atoms with E-state index in [4.69, 9.17) is 14.2 Å². The van der Waals surface area contributed by atoms with E-state index in [1.807, 2.05) is 24.3 Å². The van der Waals surface area contributed by atoms with Gasteiger partial charge in [0.05, 0.1) is 21.3 Å². The van der Waals surface area contributed by atoms with Crippen LogP contribution in [0.15, 0.2) is 30.3 Å². The van der Waals surface area contributed by atoms with E-state index in [-0.39, 0.29) is 5.82 Å². The van der Waals surface area contributed by atoms with Crippen molar-refractivity contribution in [1.82, 2.24) is 0 Å². The van der Waals surface area contributed by atoms with E-state index in [0.29, 0.717) is 11.3 Å². The van der Waals surface area contributed by atoms with Crippen LogP contribution in [-0.4, -0.2) is 21.3 Å². The summed E-state index contributed by atoms with van der Waals surface area (Å²) in [5.41, 5.74) is 0.652. The van der Waals surface area contributed by atoms with Gasteiger partial charge in [0.15, 0.2) is 15.1 Å². The van der Waals surface area contributed by atoms with E-state index >= 15 is 0 Å². The van der Waals surface area contributed by atoms with Crippen molar-refractivity contribution >= 4 is 0 Å². The Hall–Kier alpha value is -1.50. The van der Waals surface area contributed by atoms with Crippen LogP contribution in [0.5, 0.6) is 17.2 Å². The van der Waals surface area contributed by atoms with Gasteiger partial charge in [-0.25, -0.2) is 4.39 Å². The van der Waals surface area contributed by atoms with Crippen molar-refractivity contribution in [1.29, 1.82) is 0 Å². The molecule has 0 atom stereocenters. The fraction of sp³-hybridized carbons (Fsp3) is 0.250. The maximum Gasteiger partial charge on any atom is 0.366 e. The SMILES string of the molecule is COc1cc(OC)c([I+]c2ccc(F)c(C)c2)c(OC)c1. The quantitative estimate of drug-likeness (QED) is 0.672. The molecule has 0 saturated carbocycles. The zero-order valence-corrected chi connectivity index (χ0v) is 14.5. The monoisotopic (exact) mass is 403 g/mol. The van der Waals surface area contributed by atoms with Gasteiger partial charge in [-0.1, -0.05) is 0 Å². The van der Waals surface area contributed by atoms with Gasteiger partial charge in [0.25, 0.3) is 3.57 Å². The highest BCUT2D eigenvalue weighted by molar-refractivity contribution is 5.41. The Morgan fingerprint density at radius 2 is 1.52 bits per heavy atom. The van der Waals surface area contributed by atoms with Crippen LogP contribution in [-0.2, 0) is 0 Å². The molecule has 0 bridgehead atoms. The Morgan fingerprint density at radius 1 is 0.905 bits per heavy atom. The number of methoxy groups -OCH3 is 3.